The van der Waals surface area contributed by atoms with Gasteiger partial charge in [0.2, 0.25) is 0 Å². The van der Waals surface area contributed by atoms with E-state index in [1.165, 1.54) is 0 Å². The molecule has 0 spiro atoms. The van der Waals surface area contributed by atoms with Crippen LogP contribution in [-0.2, 0) is 11.3 Å². The standard InChI is InChI=1S/C16H23NO3/c1-4-8-14(18)15(12(2)3)17-16(19)20-11-13-9-6-5-7-10-13/h4-7,9-10,12,14-15,18H,1,8,11H2,2-3H3,(H,17,19)/t14-,15+/m1/s1. The lowest BCUT2D eigenvalue weighted by atomic mass is 9.96. The van der Waals surface area contributed by atoms with Crippen LogP contribution in [0.1, 0.15) is 25.8 Å². The highest BCUT2D eigenvalue weighted by Crippen LogP contribution is 2.11. The van der Waals surface area contributed by atoms with Crippen molar-refractivity contribution in [1.29, 1.82) is 0 Å². The maximum absolute atomic E-state index is 11.8. The monoisotopic (exact) mass is 277 g/mol. The van der Waals surface area contributed by atoms with E-state index in [-0.39, 0.29) is 18.6 Å². The molecular weight excluding hydrogens is 254 g/mol. The fourth-order valence-corrected chi connectivity index (χ4v) is 1.93. The van der Waals surface area contributed by atoms with Crippen LogP contribution in [0.5, 0.6) is 0 Å². The normalized spacial score (nSPS) is 13.6. The highest BCUT2D eigenvalue weighted by atomic mass is 16.5. The number of carbonyl (C=O) groups excluding carboxylic acids is 1. The van der Waals surface area contributed by atoms with Gasteiger partial charge >= 0.3 is 6.09 Å². The van der Waals surface area contributed by atoms with Crippen molar-refractivity contribution in [3.05, 3.63) is 48.6 Å². The molecule has 0 aromatic heterocycles. The molecule has 0 bridgehead atoms. The van der Waals surface area contributed by atoms with Crippen molar-refractivity contribution in [2.45, 2.75) is 39.0 Å². The first kappa shape index (κ1) is 16.2. The molecular formula is C16H23NO3. The van der Waals surface area contributed by atoms with Crippen LogP contribution in [0.2, 0.25) is 0 Å². The van der Waals surface area contributed by atoms with Crippen LogP contribution < -0.4 is 5.32 Å². The lowest BCUT2D eigenvalue weighted by molar-refractivity contribution is 0.0878. The molecule has 1 aromatic rings. The SMILES string of the molecule is C=CC[C@@H](O)[C@@H](NC(=O)OCc1ccccc1)C(C)C. The van der Waals surface area contributed by atoms with Crippen LogP contribution in [-0.4, -0.2) is 23.3 Å². The number of hydrogen-bond donors (Lipinski definition) is 2. The predicted octanol–water partition coefficient (Wildman–Crippen LogP) is 2.87. The average Bonchev–Trinajstić information content (AvgIpc) is 2.43. The summed E-state index contributed by atoms with van der Waals surface area (Å²) in [6.45, 7) is 7.69. The van der Waals surface area contributed by atoms with Gasteiger partial charge in [0.1, 0.15) is 6.61 Å². The summed E-state index contributed by atoms with van der Waals surface area (Å²) >= 11 is 0. The number of benzene rings is 1. The highest BCUT2D eigenvalue weighted by Gasteiger charge is 2.24. The Kier molecular flexibility index (Phi) is 6.81. The van der Waals surface area contributed by atoms with Gasteiger partial charge < -0.3 is 15.2 Å². The van der Waals surface area contributed by atoms with Crippen molar-refractivity contribution < 1.29 is 14.6 Å². The van der Waals surface area contributed by atoms with Gasteiger partial charge in [0, 0.05) is 0 Å². The zero-order chi connectivity index (χ0) is 15.0. The van der Waals surface area contributed by atoms with Gasteiger partial charge in [-0.2, -0.15) is 0 Å². The summed E-state index contributed by atoms with van der Waals surface area (Å²) in [6, 6.07) is 9.11. The minimum Gasteiger partial charge on any atom is -0.445 e. The van der Waals surface area contributed by atoms with Crippen molar-refractivity contribution in [2.75, 3.05) is 0 Å². The summed E-state index contributed by atoms with van der Waals surface area (Å²) in [5.41, 5.74) is 0.926. The molecule has 0 heterocycles. The molecule has 0 aliphatic carbocycles. The number of alkyl carbamates (subject to hydrolysis) is 1. The van der Waals surface area contributed by atoms with Crippen molar-refractivity contribution >= 4 is 6.09 Å². The van der Waals surface area contributed by atoms with Crippen molar-refractivity contribution in [3.8, 4) is 0 Å². The molecule has 0 radical (unpaired) electrons. The molecule has 0 fully saturated rings. The Bertz CT molecular complexity index is 417. The summed E-state index contributed by atoms with van der Waals surface area (Å²) in [6.07, 6.45) is 0.895. The smallest absolute Gasteiger partial charge is 0.407 e. The molecule has 1 amide bonds. The second-order valence-electron chi connectivity index (χ2n) is 5.07. The Morgan fingerprint density at radius 2 is 2.05 bits per heavy atom. The average molecular weight is 277 g/mol. The third-order valence-corrected chi connectivity index (χ3v) is 3.04. The van der Waals surface area contributed by atoms with Crippen LogP contribution in [0.3, 0.4) is 0 Å². The van der Waals surface area contributed by atoms with E-state index < -0.39 is 12.2 Å². The van der Waals surface area contributed by atoms with Gasteiger partial charge in [-0.25, -0.2) is 4.79 Å². The van der Waals surface area contributed by atoms with Crippen LogP contribution in [0.25, 0.3) is 0 Å². The van der Waals surface area contributed by atoms with Gasteiger partial charge in [0.05, 0.1) is 12.1 Å². The number of rotatable bonds is 7. The number of aliphatic hydroxyl groups excluding tert-OH is 1. The lowest BCUT2D eigenvalue weighted by Crippen LogP contribution is -2.46. The van der Waals surface area contributed by atoms with E-state index in [0.717, 1.165) is 5.56 Å². The van der Waals surface area contributed by atoms with E-state index in [2.05, 4.69) is 11.9 Å². The van der Waals surface area contributed by atoms with E-state index in [1.807, 2.05) is 44.2 Å². The van der Waals surface area contributed by atoms with Crippen LogP contribution in [0.15, 0.2) is 43.0 Å². The fraction of sp³-hybridized carbons (Fsp3) is 0.438. The number of nitrogens with one attached hydrogen (secondary N) is 1. The Hall–Kier alpha value is -1.81. The van der Waals surface area contributed by atoms with Gasteiger partial charge in [-0.05, 0) is 17.9 Å². The first-order valence-electron chi connectivity index (χ1n) is 6.80. The van der Waals surface area contributed by atoms with Crippen LogP contribution in [0, 0.1) is 5.92 Å². The molecule has 20 heavy (non-hydrogen) atoms. The summed E-state index contributed by atoms with van der Waals surface area (Å²) < 4.78 is 5.15. The maximum Gasteiger partial charge on any atom is 0.407 e. The number of hydrogen-bond acceptors (Lipinski definition) is 3. The third-order valence-electron chi connectivity index (χ3n) is 3.04. The maximum atomic E-state index is 11.8. The molecule has 2 N–H and O–H groups in total. The summed E-state index contributed by atoms with van der Waals surface area (Å²) in [4.78, 5) is 11.8. The molecule has 2 atom stereocenters. The first-order chi connectivity index (χ1) is 9.54. The van der Waals surface area contributed by atoms with Gasteiger partial charge in [-0.15, -0.1) is 6.58 Å². The van der Waals surface area contributed by atoms with Crippen LogP contribution >= 0.6 is 0 Å². The molecule has 1 rings (SSSR count). The van der Waals surface area contributed by atoms with Crippen molar-refractivity contribution in [1.82, 2.24) is 5.32 Å². The summed E-state index contributed by atoms with van der Waals surface area (Å²) in [5, 5.41) is 12.7. The second-order valence-corrected chi connectivity index (χ2v) is 5.07. The minimum atomic E-state index is -0.656. The summed E-state index contributed by atoms with van der Waals surface area (Å²) in [5.74, 6) is 0.106. The third kappa shape index (κ3) is 5.45. The molecule has 0 aliphatic heterocycles. The van der Waals surface area contributed by atoms with E-state index >= 15 is 0 Å². The second kappa shape index (κ2) is 8.38. The Balaban J connectivity index is 2.48. The zero-order valence-electron chi connectivity index (χ0n) is 12.1. The topological polar surface area (TPSA) is 58.6 Å². The molecule has 110 valence electrons. The molecule has 0 aliphatic rings. The highest BCUT2D eigenvalue weighted by molar-refractivity contribution is 5.67. The van der Waals surface area contributed by atoms with Gasteiger partial charge in [-0.3, -0.25) is 0 Å². The number of carbonyl (C=O) groups is 1. The van der Waals surface area contributed by atoms with E-state index in [9.17, 15) is 9.90 Å². The quantitative estimate of drug-likeness (QED) is 0.753. The minimum absolute atomic E-state index is 0.106. The molecule has 0 saturated heterocycles. The first-order valence-corrected chi connectivity index (χ1v) is 6.80. The van der Waals surface area contributed by atoms with Gasteiger partial charge in [0.15, 0.2) is 0 Å². The Morgan fingerprint density at radius 3 is 2.60 bits per heavy atom. The molecule has 4 heteroatoms. The number of ether oxygens (including phenoxy) is 1. The molecule has 4 nitrogen and oxygen atoms in total. The van der Waals surface area contributed by atoms with Crippen molar-refractivity contribution in [3.63, 3.8) is 0 Å². The molecule has 1 aromatic carbocycles. The van der Waals surface area contributed by atoms with E-state index in [4.69, 9.17) is 4.74 Å². The predicted molar refractivity (Wildman–Crippen MR) is 79.2 cm³/mol. The van der Waals surface area contributed by atoms with E-state index in [0.29, 0.717) is 6.42 Å². The number of amides is 1. The summed E-state index contributed by atoms with van der Waals surface area (Å²) in [7, 11) is 0. The van der Waals surface area contributed by atoms with E-state index in [1.54, 1.807) is 6.08 Å². The Morgan fingerprint density at radius 1 is 1.40 bits per heavy atom. The van der Waals surface area contributed by atoms with Gasteiger partial charge in [-0.1, -0.05) is 50.3 Å². The van der Waals surface area contributed by atoms with Crippen molar-refractivity contribution in [2.24, 2.45) is 5.92 Å². The lowest BCUT2D eigenvalue weighted by Gasteiger charge is -2.26. The van der Waals surface area contributed by atoms with Gasteiger partial charge in [0.25, 0.3) is 0 Å². The molecule has 0 saturated carbocycles. The largest absolute Gasteiger partial charge is 0.445 e. The Labute approximate surface area is 120 Å². The van der Waals surface area contributed by atoms with Crippen LogP contribution in [0.4, 0.5) is 4.79 Å². The fourth-order valence-electron chi connectivity index (χ4n) is 1.93. The zero-order valence-corrected chi connectivity index (χ0v) is 12.1. The molecule has 0 unspecified atom stereocenters. The number of aliphatic hydroxyl groups is 1.